The molecule has 112 valence electrons. The molecule has 1 atom stereocenters. The van der Waals surface area contributed by atoms with E-state index in [4.69, 9.17) is 4.98 Å². The Hall–Kier alpha value is -1.88. The number of rotatable bonds is 3. The summed E-state index contributed by atoms with van der Waals surface area (Å²) in [7, 11) is 0. The van der Waals surface area contributed by atoms with Crippen LogP contribution in [0.4, 0.5) is 4.39 Å². The van der Waals surface area contributed by atoms with Gasteiger partial charge in [-0.3, -0.25) is 4.57 Å². The van der Waals surface area contributed by atoms with Gasteiger partial charge in [-0.15, -0.1) is 0 Å². The Bertz CT molecular complexity index is 791. The predicted octanol–water partition coefficient (Wildman–Crippen LogP) is 4.00. The van der Waals surface area contributed by atoms with E-state index in [9.17, 15) is 4.39 Å². The zero-order valence-corrected chi connectivity index (χ0v) is 12.9. The van der Waals surface area contributed by atoms with E-state index in [0.717, 1.165) is 29.1 Å². The van der Waals surface area contributed by atoms with Gasteiger partial charge in [-0.2, -0.15) is 11.8 Å². The van der Waals surface area contributed by atoms with Crippen LogP contribution in [-0.4, -0.2) is 25.5 Å². The highest BCUT2D eigenvalue weighted by atomic mass is 32.2. The standard InChI is InChI=1S/C17H16FN3S/c18-12-5-7-13(8-6-12)21-16(11-14-3-2-10-22-14)20-15-4-1-9-19-17(15)21/h1,4-9,14H,2-3,10-11H2. The van der Waals surface area contributed by atoms with Gasteiger partial charge in [0.1, 0.15) is 17.2 Å². The van der Waals surface area contributed by atoms with E-state index in [1.807, 2.05) is 23.9 Å². The third-order valence-corrected chi connectivity index (χ3v) is 5.40. The predicted molar refractivity (Wildman–Crippen MR) is 88.0 cm³/mol. The van der Waals surface area contributed by atoms with Crippen LogP contribution in [0.2, 0.25) is 0 Å². The van der Waals surface area contributed by atoms with Crippen LogP contribution in [0.15, 0.2) is 42.6 Å². The number of pyridine rings is 1. The molecule has 1 fully saturated rings. The van der Waals surface area contributed by atoms with Crippen molar-refractivity contribution in [1.82, 2.24) is 14.5 Å². The number of aromatic nitrogens is 3. The van der Waals surface area contributed by atoms with Crippen LogP contribution in [0.1, 0.15) is 18.7 Å². The molecular weight excluding hydrogens is 297 g/mol. The van der Waals surface area contributed by atoms with E-state index in [2.05, 4.69) is 9.55 Å². The first kappa shape index (κ1) is 13.8. The second-order valence-corrected chi connectivity index (χ2v) is 6.93. The van der Waals surface area contributed by atoms with E-state index in [1.165, 1.54) is 30.7 Å². The molecular formula is C17H16FN3S. The van der Waals surface area contributed by atoms with E-state index < -0.39 is 0 Å². The quantitative estimate of drug-likeness (QED) is 0.732. The number of hydrogen-bond acceptors (Lipinski definition) is 3. The SMILES string of the molecule is Fc1ccc(-n2c(CC3CCCS3)nc3cccnc32)cc1. The van der Waals surface area contributed by atoms with Crippen molar-refractivity contribution in [2.24, 2.45) is 0 Å². The molecule has 0 bridgehead atoms. The maximum atomic E-state index is 13.2. The van der Waals surface area contributed by atoms with E-state index in [0.29, 0.717) is 5.25 Å². The summed E-state index contributed by atoms with van der Waals surface area (Å²) >= 11 is 2.02. The Balaban J connectivity index is 1.83. The molecule has 1 unspecified atom stereocenters. The van der Waals surface area contributed by atoms with Crippen molar-refractivity contribution in [3.63, 3.8) is 0 Å². The Kier molecular flexibility index (Phi) is 3.58. The molecule has 0 saturated carbocycles. The zero-order valence-electron chi connectivity index (χ0n) is 12.1. The second kappa shape index (κ2) is 5.72. The highest BCUT2D eigenvalue weighted by Crippen LogP contribution is 2.30. The molecule has 1 aliphatic rings. The molecule has 0 radical (unpaired) electrons. The number of hydrogen-bond donors (Lipinski definition) is 0. The summed E-state index contributed by atoms with van der Waals surface area (Å²) in [5, 5.41) is 0.621. The zero-order chi connectivity index (χ0) is 14.9. The van der Waals surface area contributed by atoms with Gasteiger partial charge in [0.15, 0.2) is 5.65 Å². The van der Waals surface area contributed by atoms with Gasteiger partial charge >= 0.3 is 0 Å². The average molecular weight is 313 g/mol. The Morgan fingerprint density at radius 3 is 2.86 bits per heavy atom. The number of fused-ring (bicyclic) bond motifs is 1. The smallest absolute Gasteiger partial charge is 0.164 e. The average Bonchev–Trinajstić information content (AvgIpc) is 3.16. The third-order valence-electron chi connectivity index (χ3n) is 4.00. The van der Waals surface area contributed by atoms with E-state index in [1.54, 1.807) is 18.3 Å². The van der Waals surface area contributed by atoms with Crippen LogP contribution >= 0.6 is 11.8 Å². The minimum Gasteiger partial charge on any atom is -0.281 e. The monoisotopic (exact) mass is 313 g/mol. The molecule has 1 aromatic carbocycles. The number of nitrogens with zero attached hydrogens (tertiary/aromatic N) is 3. The molecule has 1 saturated heterocycles. The maximum Gasteiger partial charge on any atom is 0.164 e. The lowest BCUT2D eigenvalue weighted by atomic mass is 10.2. The molecule has 5 heteroatoms. The van der Waals surface area contributed by atoms with E-state index >= 15 is 0 Å². The van der Waals surface area contributed by atoms with Gasteiger partial charge in [-0.05, 0) is 55.0 Å². The van der Waals surface area contributed by atoms with Crippen molar-refractivity contribution in [3.05, 3.63) is 54.2 Å². The first-order valence-corrected chi connectivity index (χ1v) is 8.56. The lowest BCUT2D eigenvalue weighted by Gasteiger charge is -2.11. The minimum absolute atomic E-state index is 0.228. The first-order chi connectivity index (χ1) is 10.8. The fourth-order valence-electron chi connectivity index (χ4n) is 2.97. The number of imidazole rings is 1. The molecule has 3 nitrogen and oxygen atoms in total. The first-order valence-electron chi connectivity index (χ1n) is 7.51. The molecule has 0 spiro atoms. The van der Waals surface area contributed by atoms with Gasteiger partial charge in [0.25, 0.3) is 0 Å². The summed E-state index contributed by atoms with van der Waals surface area (Å²) in [6.45, 7) is 0. The number of halogens is 1. The lowest BCUT2D eigenvalue weighted by molar-refractivity contribution is 0.627. The normalized spacial score (nSPS) is 18.1. The Morgan fingerprint density at radius 2 is 2.09 bits per heavy atom. The number of benzene rings is 1. The van der Waals surface area contributed by atoms with Gasteiger partial charge in [0.2, 0.25) is 0 Å². The summed E-state index contributed by atoms with van der Waals surface area (Å²) in [6.07, 6.45) is 5.23. The highest BCUT2D eigenvalue weighted by molar-refractivity contribution is 8.00. The van der Waals surface area contributed by atoms with Crippen molar-refractivity contribution in [2.75, 3.05) is 5.75 Å². The van der Waals surface area contributed by atoms with Crippen LogP contribution in [0.5, 0.6) is 0 Å². The molecule has 3 heterocycles. The summed E-state index contributed by atoms with van der Waals surface area (Å²) in [5.74, 6) is 2.02. The fraction of sp³-hybridized carbons (Fsp3) is 0.294. The minimum atomic E-state index is -0.228. The van der Waals surface area contributed by atoms with Crippen molar-refractivity contribution < 1.29 is 4.39 Å². The van der Waals surface area contributed by atoms with Gasteiger partial charge < -0.3 is 0 Å². The van der Waals surface area contributed by atoms with Crippen molar-refractivity contribution >= 4 is 22.9 Å². The molecule has 3 aromatic rings. The Morgan fingerprint density at radius 1 is 1.23 bits per heavy atom. The molecule has 22 heavy (non-hydrogen) atoms. The van der Waals surface area contributed by atoms with Crippen LogP contribution in [0.25, 0.3) is 16.9 Å². The molecule has 2 aromatic heterocycles. The van der Waals surface area contributed by atoms with Gasteiger partial charge in [0.05, 0.1) is 0 Å². The molecule has 0 N–H and O–H groups in total. The molecule has 1 aliphatic heterocycles. The molecule has 0 aliphatic carbocycles. The van der Waals surface area contributed by atoms with Crippen molar-refractivity contribution in [3.8, 4) is 5.69 Å². The lowest BCUT2D eigenvalue weighted by Crippen LogP contribution is -2.09. The van der Waals surface area contributed by atoms with Gasteiger partial charge in [0, 0.05) is 23.6 Å². The Labute approximate surface area is 132 Å². The summed E-state index contributed by atoms with van der Waals surface area (Å²) in [6, 6.07) is 10.4. The van der Waals surface area contributed by atoms with Crippen LogP contribution < -0.4 is 0 Å². The van der Waals surface area contributed by atoms with Gasteiger partial charge in [-0.25, -0.2) is 14.4 Å². The summed E-state index contributed by atoms with van der Waals surface area (Å²) in [4.78, 5) is 9.24. The van der Waals surface area contributed by atoms with Crippen molar-refractivity contribution in [2.45, 2.75) is 24.5 Å². The van der Waals surface area contributed by atoms with E-state index in [-0.39, 0.29) is 5.82 Å². The molecule has 4 rings (SSSR count). The van der Waals surface area contributed by atoms with Crippen LogP contribution in [-0.2, 0) is 6.42 Å². The third kappa shape index (κ3) is 2.50. The van der Waals surface area contributed by atoms with Crippen LogP contribution in [0.3, 0.4) is 0 Å². The van der Waals surface area contributed by atoms with Crippen LogP contribution in [0, 0.1) is 5.82 Å². The van der Waals surface area contributed by atoms with Gasteiger partial charge in [-0.1, -0.05) is 0 Å². The maximum absolute atomic E-state index is 13.2. The fourth-order valence-corrected chi connectivity index (χ4v) is 4.23. The summed E-state index contributed by atoms with van der Waals surface area (Å²) in [5.41, 5.74) is 2.65. The largest absolute Gasteiger partial charge is 0.281 e. The highest BCUT2D eigenvalue weighted by Gasteiger charge is 2.21. The topological polar surface area (TPSA) is 30.7 Å². The molecule has 0 amide bonds. The summed E-state index contributed by atoms with van der Waals surface area (Å²) < 4.78 is 15.3. The second-order valence-electron chi connectivity index (χ2n) is 5.53. The van der Waals surface area contributed by atoms with Crippen molar-refractivity contribution in [1.29, 1.82) is 0 Å². The number of thioether (sulfide) groups is 1.